The Morgan fingerprint density at radius 2 is 1.87 bits per heavy atom. The first-order chi connectivity index (χ1) is 18.4. The van der Waals surface area contributed by atoms with E-state index >= 15 is 0 Å². The smallest absolute Gasteiger partial charge is 0.297 e. The highest BCUT2D eigenvalue weighted by atomic mass is 32.1. The van der Waals surface area contributed by atoms with Crippen LogP contribution in [0.25, 0.3) is 11.0 Å². The summed E-state index contributed by atoms with van der Waals surface area (Å²) >= 11 is 1.35. The van der Waals surface area contributed by atoms with Crippen LogP contribution in [0.4, 0.5) is 5.13 Å². The third-order valence-corrected chi connectivity index (χ3v) is 7.42. The summed E-state index contributed by atoms with van der Waals surface area (Å²) in [6.07, 6.45) is 2.58. The van der Waals surface area contributed by atoms with Gasteiger partial charge in [-0.3, -0.25) is 14.5 Å². The summed E-state index contributed by atoms with van der Waals surface area (Å²) in [4.78, 5) is 29.1. The zero-order valence-corrected chi connectivity index (χ0v) is 22.8. The molecule has 1 amide bonds. The van der Waals surface area contributed by atoms with Crippen molar-refractivity contribution < 1.29 is 18.7 Å². The second kappa shape index (κ2) is 10.9. The van der Waals surface area contributed by atoms with Gasteiger partial charge in [0.2, 0.25) is 10.9 Å². The average Bonchev–Trinajstić information content (AvgIpc) is 3.47. The molecule has 1 aliphatic heterocycles. The number of fused-ring (bicyclic) bond motifs is 2. The van der Waals surface area contributed by atoms with Crippen LogP contribution in [0.1, 0.15) is 73.3 Å². The van der Waals surface area contributed by atoms with Gasteiger partial charge >= 0.3 is 0 Å². The fourth-order valence-corrected chi connectivity index (χ4v) is 5.54. The van der Waals surface area contributed by atoms with Crippen molar-refractivity contribution in [2.75, 3.05) is 18.1 Å². The number of hydrogen-bond acceptors (Lipinski definition) is 8. The Hall–Kier alpha value is -3.72. The Morgan fingerprint density at radius 3 is 2.63 bits per heavy atom. The minimum absolute atomic E-state index is 0.0289. The average molecular weight is 534 g/mol. The van der Waals surface area contributed by atoms with Crippen LogP contribution in [-0.4, -0.2) is 29.3 Å². The molecule has 0 radical (unpaired) electrons. The number of carbonyl (C=O) groups is 1. The Bertz CT molecular complexity index is 1530. The zero-order chi connectivity index (χ0) is 26.8. The van der Waals surface area contributed by atoms with Gasteiger partial charge in [0.1, 0.15) is 10.6 Å². The monoisotopic (exact) mass is 533 g/mol. The van der Waals surface area contributed by atoms with E-state index in [1.54, 1.807) is 24.3 Å². The van der Waals surface area contributed by atoms with Crippen LogP contribution in [-0.2, 0) is 6.42 Å². The van der Waals surface area contributed by atoms with E-state index in [0.29, 0.717) is 52.3 Å². The van der Waals surface area contributed by atoms with E-state index in [1.165, 1.54) is 16.2 Å². The molecule has 3 heterocycles. The fourth-order valence-electron chi connectivity index (χ4n) is 4.58. The van der Waals surface area contributed by atoms with Crippen LogP contribution >= 0.6 is 11.3 Å². The fraction of sp³-hybridized carbons (Fsp3) is 0.379. The summed E-state index contributed by atoms with van der Waals surface area (Å²) in [6.45, 7) is 9.27. The molecule has 1 atom stereocenters. The molecule has 0 aliphatic carbocycles. The third kappa shape index (κ3) is 4.78. The molecule has 4 aromatic rings. The van der Waals surface area contributed by atoms with Gasteiger partial charge in [-0.05, 0) is 55.5 Å². The third-order valence-electron chi connectivity index (χ3n) is 6.44. The van der Waals surface area contributed by atoms with E-state index in [1.807, 2.05) is 25.1 Å². The number of ether oxygens (including phenoxy) is 2. The second-order valence-electron chi connectivity index (χ2n) is 9.65. The number of nitrogens with zero attached hydrogens (tertiary/aromatic N) is 3. The van der Waals surface area contributed by atoms with Gasteiger partial charge in [-0.1, -0.05) is 50.3 Å². The van der Waals surface area contributed by atoms with Crippen LogP contribution in [0.15, 0.2) is 51.7 Å². The molecule has 9 heteroatoms. The van der Waals surface area contributed by atoms with Gasteiger partial charge in [-0.25, -0.2) is 0 Å². The van der Waals surface area contributed by atoms with E-state index in [0.717, 1.165) is 24.3 Å². The van der Waals surface area contributed by atoms with Crippen molar-refractivity contribution in [1.29, 1.82) is 0 Å². The summed E-state index contributed by atoms with van der Waals surface area (Å²) in [5.74, 6) is 1.31. The lowest BCUT2D eigenvalue weighted by atomic mass is 9.98. The van der Waals surface area contributed by atoms with E-state index in [4.69, 9.17) is 13.9 Å². The van der Waals surface area contributed by atoms with Gasteiger partial charge in [0.05, 0.1) is 30.2 Å². The molecule has 0 fully saturated rings. The van der Waals surface area contributed by atoms with Gasteiger partial charge < -0.3 is 13.9 Å². The van der Waals surface area contributed by atoms with Crippen LogP contribution in [0.2, 0.25) is 0 Å². The number of hydrogen-bond donors (Lipinski definition) is 0. The predicted molar refractivity (Wildman–Crippen MR) is 148 cm³/mol. The lowest BCUT2D eigenvalue weighted by molar-refractivity contribution is 0.0970. The van der Waals surface area contributed by atoms with E-state index in [-0.39, 0.29) is 16.8 Å². The van der Waals surface area contributed by atoms with Gasteiger partial charge in [0.15, 0.2) is 16.9 Å². The summed E-state index contributed by atoms with van der Waals surface area (Å²) in [6, 6.07) is 11.8. The topological polar surface area (TPSA) is 94.8 Å². The molecule has 2 aromatic carbocycles. The van der Waals surface area contributed by atoms with Crippen molar-refractivity contribution in [1.82, 2.24) is 10.2 Å². The minimum atomic E-state index is -0.746. The molecule has 0 bridgehead atoms. The van der Waals surface area contributed by atoms with Crippen LogP contribution < -0.4 is 19.8 Å². The highest BCUT2D eigenvalue weighted by Gasteiger charge is 2.45. The maximum Gasteiger partial charge on any atom is 0.297 e. The maximum absolute atomic E-state index is 13.8. The molecule has 198 valence electrons. The number of para-hydroxylation sites is 1. The Labute approximate surface area is 225 Å². The highest BCUT2D eigenvalue weighted by Crippen LogP contribution is 2.44. The van der Waals surface area contributed by atoms with Crippen molar-refractivity contribution in [3.05, 3.63) is 74.6 Å². The molecule has 0 saturated heterocycles. The van der Waals surface area contributed by atoms with Crippen molar-refractivity contribution >= 4 is 33.3 Å². The molecule has 2 aromatic heterocycles. The largest absolute Gasteiger partial charge is 0.490 e. The summed E-state index contributed by atoms with van der Waals surface area (Å²) < 4.78 is 18.0. The summed E-state index contributed by atoms with van der Waals surface area (Å²) in [5.41, 5.74) is 1.12. The zero-order valence-electron chi connectivity index (χ0n) is 22.0. The molecule has 8 nitrogen and oxygen atoms in total. The SMILES string of the molecule is CCCc1nnc(N2C(=O)c3oc4ccccc4c(=O)c3C2c2ccc(OCCC(C)C)c(OCC)c2)s1. The van der Waals surface area contributed by atoms with Crippen LogP contribution in [0, 0.1) is 5.92 Å². The first kappa shape index (κ1) is 25.9. The maximum atomic E-state index is 13.8. The lowest BCUT2D eigenvalue weighted by Crippen LogP contribution is -2.29. The number of aromatic nitrogens is 2. The first-order valence-electron chi connectivity index (χ1n) is 13.0. The van der Waals surface area contributed by atoms with Gasteiger partial charge in [0, 0.05) is 6.42 Å². The van der Waals surface area contributed by atoms with E-state index in [2.05, 4.69) is 31.0 Å². The van der Waals surface area contributed by atoms with E-state index in [9.17, 15) is 9.59 Å². The van der Waals surface area contributed by atoms with Crippen LogP contribution in [0.5, 0.6) is 11.5 Å². The molecule has 1 unspecified atom stereocenters. The minimum Gasteiger partial charge on any atom is -0.490 e. The highest BCUT2D eigenvalue weighted by molar-refractivity contribution is 7.15. The number of amides is 1. The molecule has 1 aliphatic rings. The van der Waals surface area contributed by atoms with Gasteiger partial charge in [-0.2, -0.15) is 0 Å². The Balaban J connectivity index is 1.66. The molecule has 0 spiro atoms. The molecule has 38 heavy (non-hydrogen) atoms. The molecular formula is C29H31N3O5S. The number of rotatable bonds is 10. The van der Waals surface area contributed by atoms with Gasteiger partial charge in [0.25, 0.3) is 5.91 Å². The molecule has 0 saturated carbocycles. The standard InChI is InChI=1S/C29H31N3O5S/c1-5-9-23-30-31-29(38-23)32-25(18-12-13-21(22(16-18)35-6-2)36-15-14-17(3)4)24-26(33)19-10-7-8-11-20(19)37-27(24)28(32)34/h7-8,10-13,16-17,25H,5-6,9,14-15H2,1-4H3. The Morgan fingerprint density at radius 1 is 1.05 bits per heavy atom. The number of anilines is 1. The lowest BCUT2D eigenvalue weighted by Gasteiger charge is -2.23. The van der Waals surface area contributed by atoms with Crippen LogP contribution in [0.3, 0.4) is 0 Å². The molecular weight excluding hydrogens is 502 g/mol. The Kier molecular flexibility index (Phi) is 7.46. The van der Waals surface area contributed by atoms with Crippen molar-refractivity contribution in [3.8, 4) is 11.5 Å². The van der Waals surface area contributed by atoms with Gasteiger partial charge in [-0.15, -0.1) is 10.2 Å². The summed E-state index contributed by atoms with van der Waals surface area (Å²) in [5, 5.41) is 10.3. The normalized spacial score (nSPS) is 14.9. The number of aryl methyl sites for hydroxylation is 1. The number of benzene rings is 2. The first-order valence-corrected chi connectivity index (χ1v) is 13.9. The summed E-state index contributed by atoms with van der Waals surface area (Å²) in [7, 11) is 0. The number of carbonyl (C=O) groups excluding carboxylic acids is 1. The predicted octanol–water partition coefficient (Wildman–Crippen LogP) is 6.17. The van der Waals surface area contributed by atoms with Crippen molar-refractivity contribution in [2.45, 2.75) is 53.0 Å². The van der Waals surface area contributed by atoms with Crippen molar-refractivity contribution in [2.24, 2.45) is 5.92 Å². The quantitative estimate of drug-likeness (QED) is 0.241. The second-order valence-corrected chi connectivity index (χ2v) is 10.7. The van der Waals surface area contributed by atoms with Crippen molar-refractivity contribution in [3.63, 3.8) is 0 Å². The molecule has 0 N–H and O–H groups in total. The molecule has 5 rings (SSSR count). The van der Waals surface area contributed by atoms with E-state index < -0.39 is 11.9 Å².